The van der Waals surface area contributed by atoms with Gasteiger partial charge in [-0.2, -0.15) is 5.26 Å². The number of hydrogen-bond acceptors (Lipinski definition) is 6. The number of aryl methyl sites for hydroxylation is 1. The Morgan fingerprint density at radius 2 is 1.74 bits per heavy atom. The SMILES string of the molecule is CCOC(=O)C1=C(c2ccccc2)NC(SCC(=O)Nc2ccccc2C)=C(C#N)[C@@H]1c1ccc(Cl)cc1. The van der Waals surface area contributed by atoms with Crippen molar-refractivity contribution in [2.75, 3.05) is 17.7 Å². The predicted octanol–water partition coefficient (Wildman–Crippen LogP) is 6.42. The van der Waals surface area contributed by atoms with Gasteiger partial charge in [-0.15, -0.1) is 0 Å². The number of benzene rings is 3. The first-order chi connectivity index (χ1) is 18.4. The number of dihydropyridines is 1. The maximum absolute atomic E-state index is 13.4. The number of amides is 1. The summed E-state index contributed by atoms with van der Waals surface area (Å²) < 4.78 is 5.45. The topological polar surface area (TPSA) is 91.2 Å². The number of esters is 1. The van der Waals surface area contributed by atoms with E-state index in [9.17, 15) is 14.9 Å². The van der Waals surface area contributed by atoms with Gasteiger partial charge in [0, 0.05) is 10.7 Å². The number of nitrogens with one attached hydrogen (secondary N) is 2. The van der Waals surface area contributed by atoms with Crippen LogP contribution in [0.5, 0.6) is 0 Å². The predicted molar refractivity (Wildman–Crippen MR) is 152 cm³/mol. The summed E-state index contributed by atoms with van der Waals surface area (Å²) in [5.74, 6) is -1.38. The minimum Gasteiger partial charge on any atom is -0.463 e. The van der Waals surface area contributed by atoms with Gasteiger partial charge in [-0.3, -0.25) is 4.79 Å². The molecule has 0 unspecified atom stereocenters. The molecule has 0 saturated heterocycles. The van der Waals surface area contributed by atoms with E-state index in [-0.39, 0.29) is 18.3 Å². The molecule has 192 valence electrons. The van der Waals surface area contributed by atoms with Crippen molar-refractivity contribution in [3.8, 4) is 6.07 Å². The van der Waals surface area contributed by atoms with Crippen molar-refractivity contribution < 1.29 is 14.3 Å². The van der Waals surface area contributed by atoms with Crippen molar-refractivity contribution in [2.45, 2.75) is 19.8 Å². The lowest BCUT2D eigenvalue weighted by Gasteiger charge is -2.30. The molecule has 3 aromatic carbocycles. The molecular formula is C30H26ClN3O3S. The van der Waals surface area contributed by atoms with Crippen LogP contribution in [-0.4, -0.2) is 24.2 Å². The molecule has 1 aliphatic rings. The average Bonchev–Trinajstić information content (AvgIpc) is 2.93. The van der Waals surface area contributed by atoms with E-state index in [4.69, 9.17) is 16.3 Å². The Kier molecular flexibility index (Phi) is 8.90. The standard InChI is InChI=1S/C30H26ClN3O3S/c1-3-37-30(36)27-26(20-13-15-22(31)16-14-20)23(17-32)29(34-28(27)21-10-5-4-6-11-21)38-18-25(35)33-24-12-8-7-9-19(24)2/h4-16,26,34H,3,18H2,1-2H3,(H,33,35)/t26-/m0/s1. The Hall–Kier alpha value is -3.99. The Labute approximate surface area is 231 Å². The van der Waals surface area contributed by atoms with E-state index in [0.717, 1.165) is 16.8 Å². The van der Waals surface area contributed by atoms with E-state index >= 15 is 0 Å². The molecule has 38 heavy (non-hydrogen) atoms. The second-order valence-corrected chi connectivity index (χ2v) is 9.91. The Bertz CT molecular complexity index is 1440. The molecule has 0 aliphatic carbocycles. The summed E-state index contributed by atoms with van der Waals surface area (Å²) in [7, 11) is 0. The molecule has 0 spiro atoms. The highest BCUT2D eigenvalue weighted by Crippen LogP contribution is 2.43. The summed E-state index contributed by atoms with van der Waals surface area (Å²) in [5.41, 5.74) is 4.34. The van der Waals surface area contributed by atoms with Crippen molar-refractivity contribution in [3.05, 3.63) is 117 Å². The number of anilines is 1. The molecule has 0 aromatic heterocycles. The van der Waals surface area contributed by atoms with Gasteiger partial charge in [-0.25, -0.2) is 4.79 Å². The third-order valence-corrected chi connectivity index (χ3v) is 7.25. The van der Waals surface area contributed by atoms with E-state index in [1.165, 1.54) is 11.8 Å². The van der Waals surface area contributed by atoms with Crippen molar-refractivity contribution in [2.24, 2.45) is 0 Å². The number of allylic oxidation sites excluding steroid dienone is 1. The molecule has 1 amide bonds. The minimum absolute atomic E-state index is 0.0615. The zero-order valence-corrected chi connectivity index (χ0v) is 22.5. The van der Waals surface area contributed by atoms with Crippen LogP contribution in [0, 0.1) is 18.3 Å². The molecule has 2 N–H and O–H groups in total. The molecule has 1 atom stereocenters. The van der Waals surface area contributed by atoms with E-state index in [2.05, 4.69) is 16.7 Å². The number of nitriles is 1. The highest BCUT2D eigenvalue weighted by molar-refractivity contribution is 8.03. The number of hydrogen-bond donors (Lipinski definition) is 2. The molecule has 8 heteroatoms. The molecule has 0 bridgehead atoms. The van der Waals surface area contributed by atoms with Crippen molar-refractivity contribution in [3.63, 3.8) is 0 Å². The monoisotopic (exact) mass is 543 g/mol. The summed E-state index contributed by atoms with van der Waals surface area (Å²) in [6, 6.07) is 26.2. The van der Waals surface area contributed by atoms with Crippen LogP contribution >= 0.6 is 23.4 Å². The number of para-hydroxylation sites is 1. The molecular weight excluding hydrogens is 518 g/mol. The lowest BCUT2D eigenvalue weighted by atomic mass is 9.81. The van der Waals surface area contributed by atoms with Crippen molar-refractivity contribution in [1.82, 2.24) is 5.32 Å². The summed E-state index contributed by atoms with van der Waals surface area (Å²) in [6.45, 7) is 3.85. The first-order valence-electron chi connectivity index (χ1n) is 12.0. The second kappa shape index (κ2) is 12.5. The van der Waals surface area contributed by atoms with Gasteiger partial charge in [-0.1, -0.05) is 84.0 Å². The third-order valence-electron chi connectivity index (χ3n) is 5.98. The summed E-state index contributed by atoms with van der Waals surface area (Å²) in [6.07, 6.45) is 0. The lowest BCUT2D eigenvalue weighted by Crippen LogP contribution is -2.29. The van der Waals surface area contributed by atoms with E-state index in [0.29, 0.717) is 32.5 Å². The fraction of sp³-hybridized carbons (Fsp3) is 0.167. The smallest absolute Gasteiger partial charge is 0.337 e. The van der Waals surface area contributed by atoms with Crippen LogP contribution in [0.4, 0.5) is 5.69 Å². The van der Waals surface area contributed by atoms with Gasteiger partial charge in [0.2, 0.25) is 5.91 Å². The Morgan fingerprint density at radius 1 is 1.05 bits per heavy atom. The van der Waals surface area contributed by atoms with Gasteiger partial charge in [0.05, 0.1) is 46.2 Å². The molecule has 3 aromatic rings. The highest BCUT2D eigenvalue weighted by Gasteiger charge is 2.37. The quantitative estimate of drug-likeness (QED) is 0.319. The molecule has 6 nitrogen and oxygen atoms in total. The van der Waals surface area contributed by atoms with E-state index in [1.807, 2.05) is 61.5 Å². The van der Waals surface area contributed by atoms with Gasteiger partial charge >= 0.3 is 5.97 Å². The maximum atomic E-state index is 13.4. The Morgan fingerprint density at radius 3 is 2.39 bits per heavy atom. The maximum Gasteiger partial charge on any atom is 0.337 e. The average molecular weight is 544 g/mol. The molecule has 0 fully saturated rings. The van der Waals surface area contributed by atoms with Gasteiger partial charge in [0.1, 0.15) is 0 Å². The van der Waals surface area contributed by atoms with Crippen LogP contribution in [0.15, 0.2) is 95.0 Å². The zero-order valence-electron chi connectivity index (χ0n) is 21.0. The molecule has 0 radical (unpaired) electrons. The highest BCUT2D eigenvalue weighted by atomic mass is 35.5. The zero-order chi connectivity index (χ0) is 27.1. The van der Waals surface area contributed by atoms with Gasteiger partial charge in [0.15, 0.2) is 0 Å². The van der Waals surface area contributed by atoms with Gasteiger partial charge in [0.25, 0.3) is 0 Å². The van der Waals surface area contributed by atoms with Crippen molar-refractivity contribution >= 4 is 46.6 Å². The van der Waals surface area contributed by atoms with Gasteiger partial charge in [-0.05, 0) is 48.7 Å². The molecule has 4 rings (SSSR count). The van der Waals surface area contributed by atoms with Crippen LogP contribution in [0.3, 0.4) is 0 Å². The van der Waals surface area contributed by atoms with Crippen LogP contribution in [0.25, 0.3) is 5.70 Å². The first kappa shape index (κ1) is 27.1. The molecule has 1 heterocycles. The number of carbonyl (C=O) groups is 2. The number of thioether (sulfide) groups is 1. The van der Waals surface area contributed by atoms with E-state index < -0.39 is 11.9 Å². The number of rotatable bonds is 8. The second-order valence-electron chi connectivity index (χ2n) is 8.49. The minimum atomic E-state index is -0.713. The third kappa shape index (κ3) is 6.10. The largest absolute Gasteiger partial charge is 0.463 e. The number of halogens is 1. The summed E-state index contributed by atoms with van der Waals surface area (Å²) >= 11 is 7.36. The first-order valence-corrected chi connectivity index (χ1v) is 13.4. The van der Waals surface area contributed by atoms with Crippen LogP contribution < -0.4 is 10.6 Å². The fourth-order valence-electron chi connectivity index (χ4n) is 4.18. The normalized spacial score (nSPS) is 14.9. The molecule has 1 aliphatic heterocycles. The lowest BCUT2D eigenvalue weighted by molar-refractivity contribution is -0.138. The molecule has 0 saturated carbocycles. The number of carbonyl (C=O) groups excluding carboxylic acids is 2. The van der Waals surface area contributed by atoms with Crippen LogP contribution in [-0.2, 0) is 14.3 Å². The van der Waals surface area contributed by atoms with E-state index in [1.54, 1.807) is 31.2 Å². The Balaban J connectivity index is 1.76. The number of nitrogens with zero attached hydrogens (tertiary/aromatic N) is 1. The van der Waals surface area contributed by atoms with Crippen LogP contribution in [0.2, 0.25) is 5.02 Å². The summed E-state index contributed by atoms with van der Waals surface area (Å²) in [5, 5.41) is 17.6. The van der Waals surface area contributed by atoms with Crippen molar-refractivity contribution in [1.29, 1.82) is 5.26 Å². The van der Waals surface area contributed by atoms with Crippen LogP contribution in [0.1, 0.15) is 29.5 Å². The fourth-order valence-corrected chi connectivity index (χ4v) is 5.15. The number of ether oxygens (including phenoxy) is 1. The summed E-state index contributed by atoms with van der Waals surface area (Å²) in [4.78, 5) is 26.2. The van der Waals surface area contributed by atoms with Gasteiger partial charge < -0.3 is 15.4 Å².